The van der Waals surface area contributed by atoms with Gasteiger partial charge in [-0.25, -0.2) is 0 Å². The second-order valence-electron chi connectivity index (χ2n) is 4.85. The summed E-state index contributed by atoms with van der Waals surface area (Å²) in [5.74, 6) is -0.277. The Hall–Kier alpha value is -1.43. The van der Waals surface area contributed by atoms with Crippen molar-refractivity contribution in [2.45, 2.75) is 31.2 Å². The van der Waals surface area contributed by atoms with Gasteiger partial charge in [-0.3, -0.25) is 4.79 Å². The van der Waals surface area contributed by atoms with E-state index in [1.54, 1.807) is 24.3 Å². The van der Waals surface area contributed by atoms with Crippen molar-refractivity contribution in [3.05, 3.63) is 35.9 Å². The van der Waals surface area contributed by atoms with Crippen molar-refractivity contribution in [2.24, 2.45) is 0 Å². The number of aliphatic hydroxyl groups is 2. The van der Waals surface area contributed by atoms with Crippen molar-refractivity contribution in [1.82, 2.24) is 5.32 Å². The van der Waals surface area contributed by atoms with Gasteiger partial charge in [-0.2, -0.15) is 0 Å². The molecule has 0 aromatic heterocycles. The summed E-state index contributed by atoms with van der Waals surface area (Å²) < 4.78 is 5.32. The Morgan fingerprint density at radius 1 is 1.47 bits per heavy atom. The lowest BCUT2D eigenvalue weighted by atomic mass is 9.95. The summed E-state index contributed by atoms with van der Waals surface area (Å²) in [7, 11) is 0. The van der Waals surface area contributed by atoms with E-state index in [2.05, 4.69) is 5.32 Å². The van der Waals surface area contributed by atoms with E-state index in [9.17, 15) is 15.0 Å². The van der Waals surface area contributed by atoms with Crippen LogP contribution in [0.25, 0.3) is 0 Å². The van der Waals surface area contributed by atoms with Crippen molar-refractivity contribution < 1.29 is 19.7 Å². The number of carbonyl (C=O) groups is 1. The van der Waals surface area contributed by atoms with Gasteiger partial charge in [0.25, 0.3) is 5.91 Å². The predicted octanol–water partition coefficient (Wildman–Crippen LogP) is 0.317. The summed E-state index contributed by atoms with van der Waals surface area (Å²) in [5.41, 5.74) is -0.892. The van der Waals surface area contributed by atoms with Crippen LogP contribution in [-0.4, -0.2) is 47.1 Å². The van der Waals surface area contributed by atoms with Gasteiger partial charge in [-0.15, -0.1) is 0 Å². The van der Waals surface area contributed by atoms with Crippen LogP contribution >= 0.6 is 0 Å². The van der Waals surface area contributed by atoms with Crippen LogP contribution in [0.1, 0.15) is 23.7 Å². The minimum atomic E-state index is -1.41. The van der Waals surface area contributed by atoms with Gasteiger partial charge >= 0.3 is 0 Å². The van der Waals surface area contributed by atoms with Crippen LogP contribution in [0.4, 0.5) is 0 Å². The van der Waals surface area contributed by atoms with E-state index >= 15 is 0 Å². The summed E-state index contributed by atoms with van der Waals surface area (Å²) >= 11 is 0. The number of carbonyl (C=O) groups excluding carboxylic acids is 1. The molecule has 0 bridgehead atoms. The molecule has 19 heavy (non-hydrogen) atoms. The number of hydrogen-bond donors (Lipinski definition) is 3. The zero-order valence-corrected chi connectivity index (χ0v) is 10.9. The first kappa shape index (κ1) is 14.0. The third-order valence-electron chi connectivity index (χ3n) is 3.44. The standard InChI is InChI=1S/C14H19NO4/c1-2-11-12(16)14(18,9-19-11)8-15-13(17)10-6-4-3-5-7-10/h3-7,11-12,16,18H,2,8-9H2,1H3,(H,15,17)/t11-,12+,14-/m0/s1. The van der Waals surface area contributed by atoms with Gasteiger partial charge in [-0.1, -0.05) is 25.1 Å². The van der Waals surface area contributed by atoms with E-state index in [1.165, 1.54) is 0 Å². The molecule has 0 aliphatic carbocycles. The fourth-order valence-corrected chi connectivity index (χ4v) is 2.20. The van der Waals surface area contributed by atoms with Crippen molar-refractivity contribution >= 4 is 5.91 Å². The molecule has 0 spiro atoms. The molecule has 1 aromatic rings. The zero-order valence-electron chi connectivity index (χ0n) is 10.9. The van der Waals surface area contributed by atoms with E-state index < -0.39 is 11.7 Å². The first-order valence-electron chi connectivity index (χ1n) is 6.42. The Balaban J connectivity index is 1.94. The van der Waals surface area contributed by atoms with Crippen LogP contribution in [0, 0.1) is 0 Å². The SMILES string of the molecule is CC[C@@H]1OC[C@@](O)(CNC(=O)c2ccccc2)[C@@H]1O. The van der Waals surface area contributed by atoms with Gasteiger partial charge in [0.2, 0.25) is 0 Å². The quantitative estimate of drug-likeness (QED) is 0.732. The summed E-state index contributed by atoms with van der Waals surface area (Å²) in [6.45, 7) is 1.88. The Morgan fingerprint density at radius 3 is 2.74 bits per heavy atom. The average molecular weight is 265 g/mol. The summed E-state index contributed by atoms with van der Waals surface area (Å²) in [4.78, 5) is 11.9. The molecule has 2 rings (SSSR count). The topological polar surface area (TPSA) is 78.8 Å². The largest absolute Gasteiger partial charge is 0.387 e. The number of aliphatic hydroxyl groups excluding tert-OH is 1. The molecule has 1 aliphatic heterocycles. The molecule has 0 radical (unpaired) electrons. The fraction of sp³-hybridized carbons (Fsp3) is 0.500. The molecule has 5 heteroatoms. The van der Waals surface area contributed by atoms with Crippen LogP contribution < -0.4 is 5.32 Å². The summed E-state index contributed by atoms with van der Waals surface area (Å²) in [5, 5.41) is 22.9. The molecule has 0 saturated carbocycles. The minimum Gasteiger partial charge on any atom is -0.387 e. The number of nitrogens with one attached hydrogen (secondary N) is 1. The maximum absolute atomic E-state index is 11.9. The first-order chi connectivity index (χ1) is 9.07. The zero-order chi connectivity index (χ0) is 13.9. The van der Waals surface area contributed by atoms with Crippen LogP contribution in [-0.2, 0) is 4.74 Å². The molecular formula is C14H19NO4. The highest BCUT2D eigenvalue weighted by molar-refractivity contribution is 5.94. The average Bonchev–Trinajstić information content (AvgIpc) is 2.73. The molecule has 1 aromatic carbocycles. The Labute approximate surface area is 112 Å². The van der Waals surface area contributed by atoms with Crippen LogP contribution in [0.3, 0.4) is 0 Å². The van der Waals surface area contributed by atoms with Gasteiger partial charge in [0.05, 0.1) is 19.3 Å². The van der Waals surface area contributed by atoms with E-state index in [0.717, 1.165) is 0 Å². The molecule has 1 saturated heterocycles. The molecule has 3 N–H and O–H groups in total. The van der Waals surface area contributed by atoms with Crippen molar-refractivity contribution in [1.29, 1.82) is 0 Å². The number of hydrogen-bond acceptors (Lipinski definition) is 4. The normalized spacial score (nSPS) is 30.3. The lowest BCUT2D eigenvalue weighted by molar-refractivity contribution is -0.0470. The maximum Gasteiger partial charge on any atom is 0.251 e. The van der Waals surface area contributed by atoms with Crippen molar-refractivity contribution in [3.8, 4) is 0 Å². The number of rotatable bonds is 4. The monoisotopic (exact) mass is 265 g/mol. The second kappa shape index (κ2) is 5.69. The van der Waals surface area contributed by atoms with Crippen LogP contribution in [0.5, 0.6) is 0 Å². The molecule has 1 fully saturated rings. The number of amides is 1. The summed E-state index contributed by atoms with van der Waals surface area (Å²) in [6.07, 6.45) is -0.733. The Kier molecular flexibility index (Phi) is 4.19. The van der Waals surface area contributed by atoms with Gasteiger partial charge in [0.1, 0.15) is 11.7 Å². The van der Waals surface area contributed by atoms with Gasteiger partial charge in [0, 0.05) is 5.56 Å². The molecule has 104 valence electrons. The van der Waals surface area contributed by atoms with Crippen molar-refractivity contribution in [2.75, 3.05) is 13.2 Å². The lowest BCUT2D eigenvalue weighted by Gasteiger charge is -2.26. The molecule has 1 heterocycles. The highest BCUT2D eigenvalue weighted by Crippen LogP contribution is 2.26. The predicted molar refractivity (Wildman–Crippen MR) is 69.8 cm³/mol. The molecule has 3 atom stereocenters. The maximum atomic E-state index is 11.9. The Morgan fingerprint density at radius 2 is 2.16 bits per heavy atom. The van der Waals surface area contributed by atoms with Gasteiger partial charge in [0.15, 0.2) is 0 Å². The van der Waals surface area contributed by atoms with Gasteiger partial charge in [-0.05, 0) is 18.6 Å². The third-order valence-corrected chi connectivity index (χ3v) is 3.44. The third kappa shape index (κ3) is 2.94. The van der Waals surface area contributed by atoms with E-state index in [-0.39, 0.29) is 25.2 Å². The first-order valence-corrected chi connectivity index (χ1v) is 6.42. The number of benzene rings is 1. The molecule has 5 nitrogen and oxygen atoms in total. The van der Waals surface area contributed by atoms with E-state index in [0.29, 0.717) is 12.0 Å². The van der Waals surface area contributed by atoms with Crippen LogP contribution in [0.2, 0.25) is 0 Å². The highest BCUT2D eigenvalue weighted by Gasteiger charge is 2.47. The van der Waals surface area contributed by atoms with Crippen molar-refractivity contribution in [3.63, 3.8) is 0 Å². The molecule has 1 amide bonds. The fourth-order valence-electron chi connectivity index (χ4n) is 2.20. The lowest BCUT2D eigenvalue weighted by Crippen LogP contribution is -2.52. The molecular weight excluding hydrogens is 246 g/mol. The Bertz CT molecular complexity index is 436. The summed E-state index contributed by atoms with van der Waals surface area (Å²) in [6, 6.07) is 8.74. The smallest absolute Gasteiger partial charge is 0.251 e. The molecule has 0 unspecified atom stereocenters. The van der Waals surface area contributed by atoms with E-state index in [4.69, 9.17) is 4.74 Å². The van der Waals surface area contributed by atoms with E-state index in [1.807, 2.05) is 13.0 Å². The highest BCUT2D eigenvalue weighted by atomic mass is 16.5. The molecule has 1 aliphatic rings. The second-order valence-corrected chi connectivity index (χ2v) is 4.85. The minimum absolute atomic E-state index is 0.0294. The number of ether oxygens (including phenoxy) is 1. The van der Waals surface area contributed by atoms with Crippen LogP contribution in [0.15, 0.2) is 30.3 Å². The van der Waals surface area contributed by atoms with Gasteiger partial charge < -0.3 is 20.3 Å².